The molecule has 0 unspecified atom stereocenters. The number of benzene rings is 1. The first-order valence-electron chi connectivity index (χ1n) is 8.15. The van der Waals surface area contributed by atoms with Gasteiger partial charge in [-0.05, 0) is 18.2 Å². The topological polar surface area (TPSA) is 113 Å². The first kappa shape index (κ1) is 20.4. The highest BCUT2D eigenvalue weighted by atomic mass is 35.5. The molecule has 0 fully saturated rings. The SMILES string of the molecule is O=C(CCNc1ncc(C(F)(F)F)cc1Cl)Nc1cccc(-c2noc(=O)[nH]2)c1. The van der Waals surface area contributed by atoms with Crippen molar-refractivity contribution < 1.29 is 22.5 Å². The Kier molecular flexibility index (Phi) is 5.87. The van der Waals surface area contributed by atoms with Gasteiger partial charge in [0, 0.05) is 30.4 Å². The Hall–Kier alpha value is -3.34. The molecule has 29 heavy (non-hydrogen) atoms. The van der Waals surface area contributed by atoms with Crippen LogP contribution >= 0.6 is 11.6 Å². The number of hydrogen-bond donors (Lipinski definition) is 3. The Bertz CT molecular complexity index is 1080. The summed E-state index contributed by atoms with van der Waals surface area (Å²) in [6.07, 6.45) is -3.87. The number of nitrogens with one attached hydrogen (secondary N) is 3. The van der Waals surface area contributed by atoms with Crippen molar-refractivity contribution in [3.05, 3.63) is 57.7 Å². The molecule has 2 heterocycles. The zero-order chi connectivity index (χ0) is 21.0. The number of nitrogens with zero attached hydrogens (tertiary/aromatic N) is 2. The number of carbonyl (C=O) groups excluding carboxylic acids is 1. The van der Waals surface area contributed by atoms with Gasteiger partial charge in [0.05, 0.1) is 10.6 Å². The summed E-state index contributed by atoms with van der Waals surface area (Å²) in [7, 11) is 0. The predicted molar refractivity (Wildman–Crippen MR) is 98.5 cm³/mol. The minimum Gasteiger partial charge on any atom is -0.368 e. The van der Waals surface area contributed by atoms with Gasteiger partial charge in [0.25, 0.3) is 0 Å². The van der Waals surface area contributed by atoms with Crippen LogP contribution in [-0.4, -0.2) is 27.6 Å². The molecule has 2 aromatic heterocycles. The van der Waals surface area contributed by atoms with Gasteiger partial charge in [0.1, 0.15) is 5.82 Å². The van der Waals surface area contributed by atoms with Crippen LogP contribution in [0.3, 0.4) is 0 Å². The average molecular weight is 428 g/mol. The van der Waals surface area contributed by atoms with E-state index in [2.05, 4.69) is 30.3 Å². The smallest absolute Gasteiger partial charge is 0.368 e. The predicted octanol–water partition coefficient (Wildman–Crippen LogP) is 3.54. The van der Waals surface area contributed by atoms with Gasteiger partial charge in [0.2, 0.25) is 5.91 Å². The molecule has 0 atom stereocenters. The number of aromatic nitrogens is 3. The molecule has 0 saturated heterocycles. The van der Waals surface area contributed by atoms with Crippen LogP contribution in [0, 0.1) is 0 Å². The van der Waals surface area contributed by atoms with Gasteiger partial charge in [-0.25, -0.2) is 9.78 Å². The fourth-order valence-electron chi connectivity index (χ4n) is 2.34. The Morgan fingerprint density at radius 3 is 2.72 bits per heavy atom. The average Bonchev–Trinajstić information content (AvgIpc) is 3.09. The summed E-state index contributed by atoms with van der Waals surface area (Å²) in [5.74, 6) is -0.789. The first-order valence-corrected chi connectivity index (χ1v) is 8.53. The van der Waals surface area contributed by atoms with Crippen LogP contribution in [0.4, 0.5) is 24.7 Å². The maximum absolute atomic E-state index is 12.6. The van der Waals surface area contributed by atoms with Gasteiger partial charge < -0.3 is 10.6 Å². The number of carbonyl (C=O) groups is 1. The summed E-state index contributed by atoms with van der Waals surface area (Å²) in [5, 5.41) is 8.74. The lowest BCUT2D eigenvalue weighted by atomic mass is 10.2. The molecule has 0 radical (unpaired) electrons. The van der Waals surface area contributed by atoms with E-state index in [0.717, 1.165) is 6.07 Å². The molecule has 0 aliphatic rings. The lowest BCUT2D eigenvalue weighted by Gasteiger charge is -2.11. The molecular formula is C17H13ClF3N5O3. The van der Waals surface area contributed by atoms with Crippen molar-refractivity contribution in [3.63, 3.8) is 0 Å². The number of halogens is 4. The molecule has 12 heteroatoms. The van der Waals surface area contributed by atoms with Gasteiger partial charge in [0.15, 0.2) is 5.82 Å². The number of rotatable bonds is 6. The zero-order valence-electron chi connectivity index (χ0n) is 14.5. The summed E-state index contributed by atoms with van der Waals surface area (Å²) in [6.45, 7) is 0.0974. The number of amides is 1. The van der Waals surface area contributed by atoms with Gasteiger partial charge in [-0.15, -0.1) is 0 Å². The van der Waals surface area contributed by atoms with Crippen molar-refractivity contribution in [1.82, 2.24) is 15.1 Å². The fraction of sp³-hybridized carbons (Fsp3) is 0.176. The van der Waals surface area contributed by atoms with Gasteiger partial charge in [-0.2, -0.15) is 13.2 Å². The zero-order valence-corrected chi connectivity index (χ0v) is 15.3. The summed E-state index contributed by atoms with van der Waals surface area (Å²) < 4.78 is 42.2. The summed E-state index contributed by atoms with van der Waals surface area (Å²) in [4.78, 5) is 29.1. The normalized spacial score (nSPS) is 11.3. The van der Waals surface area contributed by atoms with Gasteiger partial charge in [-0.1, -0.05) is 28.9 Å². The lowest BCUT2D eigenvalue weighted by molar-refractivity contribution is -0.137. The maximum Gasteiger partial charge on any atom is 0.439 e. The van der Waals surface area contributed by atoms with Crippen LogP contribution in [0.5, 0.6) is 0 Å². The quantitative estimate of drug-likeness (QED) is 0.554. The monoisotopic (exact) mass is 427 g/mol. The maximum atomic E-state index is 12.6. The van der Waals surface area contributed by atoms with Crippen LogP contribution in [0.15, 0.2) is 45.8 Å². The number of anilines is 2. The third kappa shape index (κ3) is 5.35. The highest BCUT2D eigenvalue weighted by Crippen LogP contribution is 2.32. The number of alkyl halides is 3. The Morgan fingerprint density at radius 2 is 2.07 bits per heavy atom. The van der Waals surface area contributed by atoms with Crippen molar-refractivity contribution in [3.8, 4) is 11.4 Å². The first-order chi connectivity index (χ1) is 13.7. The molecule has 3 N–H and O–H groups in total. The number of aromatic amines is 1. The lowest BCUT2D eigenvalue weighted by Crippen LogP contribution is -2.17. The van der Waals surface area contributed by atoms with Crippen LogP contribution < -0.4 is 16.4 Å². The van der Waals surface area contributed by atoms with Crippen LogP contribution in [0.1, 0.15) is 12.0 Å². The van der Waals surface area contributed by atoms with Crippen LogP contribution in [0.25, 0.3) is 11.4 Å². The molecule has 3 rings (SSSR count). The number of hydrogen-bond acceptors (Lipinski definition) is 6. The third-order valence-electron chi connectivity index (χ3n) is 3.67. The Balaban J connectivity index is 1.55. The van der Waals surface area contributed by atoms with E-state index in [9.17, 15) is 22.8 Å². The van der Waals surface area contributed by atoms with E-state index in [0.29, 0.717) is 17.4 Å². The molecular weight excluding hydrogens is 415 g/mol. The van der Waals surface area contributed by atoms with E-state index in [1.807, 2.05) is 0 Å². The number of pyridine rings is 1. The van der Waals surface area contributed by atoms with Crippen LogP contribution in [0.2, 0.25) is 5.02 Å². The van der Waals surface area contributed by atoms with Crippen molar-refractivity contribution in [2.45, 2.75) is 12.6 Å². The van der Waals surface area contributed by atoms with E-state index >= 15 is 0 Å². The van der Waals surface area contributed by atoms with Gasteiger partial charge in [-0.3, -0.25) is 14.3 Å². The van der Waals surface area contributed by atoms with Crippen LogP contribution in [-0.2, 0) is 11.0 Å². The van der Waals surface area contributed by atoms with Crippen molar-refractivity contribution in [2.24, 2.45) is 0 Å². The molecule has 0 bridgehead atoms. The van der Waals surface area contributed by atoms with E-state index in [4.69, 9.17) is 11.6 Å². The van der Waals surface area contributed by atoms with E-state index in [1.165, 1.54) is 0 Å². The molecule has 0 spiro atoms. The van der Waals surface area contributed by atoms with E-state index in [1.54, 1.807) is 24.3 Å². The molecule has 1 amide bonds. The molecule has 152 valence electrons. The van der Waals surface area contributed by atoms with E-state index in [-0.39, 0.29) is 35.5 Å². The molecule has 0 saturated carbocycles. The van der Waals surface area contributed by atoms with E-state index < -0.39 is 17.5 Å². The van der Waals surface area contributed by atoms with Crippen molar-refractivity contribution in [2.75, 3.05) is 17.2 Å². The molecule has 1 aromatic carbocycles. The second kappa shape index (κ2) is 8.35. The van der Waals surface area contributed by atoms with Gasteiger partial charge >= 0.3 is 11.9 Å². The minimum atomic E-state index is -4.54. The second-order valence-electron chi connectivity index (χ2n) is 5.80. The summed E-state index contributed by atoms with van der Waals surface area (Å²) >= 11 is 5.79. The molecule has 8 nitrogen and oxygen atoms in total. The highest BCUT2D eigenvalue weighted by Gasteiger charge is 2.31. The Labute approximate surface area is 166 Å². The van der Waals surface area contributed by atoms with Crippen molar-refractivity contribution >= 4 is 29.0 Å². The van der Waals surface area contributed by atoms with Crippen molar-refractivity contribution in [1.29, 1.82) is 0 Å². The summed E-state index contributed by atoms with van der Waals surface area (Å²) in [6, 6.07) is 7.32. The molecule has 3 aromatic rings. The molecule has 0 aliphatic heterocycles. The highest BCUT2D eigenvalue weighted by molar-refractivity contribution is 6.33. The second-order valence-corrected chi connectivity index (χ2v) is 6.21. The summed E-state index contributed by atoms with van der Waals surface area (Å²) in [5.41, 5.74) is 0.0358. The largest absolute Gasteiger partial charge is 0.439 e. The molecule has 0 aliphatic carbocycles. The third-order valence-corrected chi connectivity index (χ3v) is 3.96. The standard InChI is InChI=1S/C17H13ClF3N5O3/c18-12-7-10(17(19,20)21)8-23-15(12)22-5-4-13(27)24-11-3-1-2-9(6-11)14-25-16(28)29-26-14/h1-3,6-8H,4-5H2,(H,22,23)(H,24,27)(H,25,26,28). The fourth-order valence-corrected chi connectivity index (χ4v) is 2.57. The minimum absolute atomic E-state index is 0.00402. The Morgan fingerprint density at radius 1 is 1.28 bits per heavy atom. The number of H-pyrrole nitrogens is 1.